The molecule has 0 saturated heterocycles. The predicted molar refractivity (Wildman–Crippen MR) is 57.4 cm³/mol. The molecule has 0 aliphatic carbocycles. The maximum atomic E-state index is 4.69. The first-order valence-corrected chi connectivity index (χ1v) is 5.44. The van der Waals surface area contributed by atoms with Crippen LogP contribution in [0.1, 0.15) is 53.4 Å². The molecule has 0 spiro atoms. The topological polar surface area (TPSA) is 14.1 Å². The number of hydrogen-bond acceptors (Lipinski definition) is 0. The molecule has 0 fully saturated rings. The van der Waals surface area contributed by atoms with E-state index >= 15 is 0 Å². The molecular formula is C12H20N. The van der Waals surface area contributed by atoms with E-state index in [9.17, 15) is 0 Å². The van der Waals surface area contributed by atoms with Crippen LogP contribution in [0.3, 0.4) is 0 Å². The minimum Gasteiger partial charge on any atom is -0.257 e. The summed E-state index contributed by atoms with van der Waals surface area (Å²) in [6.45, 7) is 8.85. The van der Waals surface area contributed by atoms with Gasteiger partial charge in [-0.05, 0) is 36.8 Å². The van der Waals surface area contributed by atoms with Crippen molar-refractivity contribution in [3.8, 4) is 0 Å². The molecule has 1 rings (SSSR count). The smallest absolute Gasteiger partial charge is 0.0439 e. The van der Waals surface area contributed by atoms with Crippen molar-refractivity contribution < 1.29 is 0 Å². The van der Waals surface area contributed by atoms with Crippen molar-refractivity contribution in [2.24, 2.45) is 0 Å². The van der Waals surface area contributed by atoms with Crippen LogP contribution in [0.2, 0.25) is 0 Å². The quantitative estimate of drug-likeness (QED) is 0.622. The molecular weight excluding hydrogens is 158 g/mol. The zero-order chi connectivity index (χ0) is 9.84. The zero-order valence-corrected chi connectivity index (χ0v) is 9.28. The second kappa shape index (κ2) is 4.50. The van der Waals surface area contributed by atoms with Crippen LogP contribution >= 0.6 is 0 Å². The van der Waals surface area contributed by atoms with Gasteiger partial charge in [0.05, 0.1) is 0 Å². The highest BCUT2D eigenvalue weighted by atomic mass is 14.9. The van der Waals surface area contributed by atoms with Crippen LogP contribution in [0.25, 0.3) is 0 Å². The minimum atomic E-state index is 1.08. The van der Waals surface area contributed by atoms with Gasteiger partial charge in [-0.2, -0.15) is 0 Å². The van der Waals surface area contributed by atoms with Gasteiger partial charge < -0.3 is 0 Å². The summed E-state index contributed by atoms with van der Waals surface area (Å²) in [6, 6.07) is 0. The summed E-state index contributed by atoms with van der Waals surface area (Å²) in [5, 5.41) is 4.69. The first-order chi connectivity index (χ1) is 6.28. The summed E-state index contributed by atoms with van der Waals surface area (Å²) in [4.78, 5) is 0. The molecule has 1 nitrogen and oxygen atoms in total. The highest BCUT2D eigenvalue weighted by Crippen LogP contribution is 2.32. The fourth-order valence-electron chi connectivity index (χ4n) is 2.07. The standard InChI is InChI=1S/C12H20N/c1-5-9-10(6-2)12(8-4)13-11(9)7-3/h5-8H2,1-4H3. The first-order valence-electron chi connectivity index (χ1n) is 5.44. The van der Waals surface area contributed by atoms with Crippen molar-refractivity contribution in [3.05, 3.63) is 22.5 Å². The second-order valence-electron chi connectivity index (χ2n) is 3.38. The van der Waals surface area contributed by atoms with E-state index in [0.29, 0.717) is 0 Å². The van der Waals surface area contributed by atoms with E-state index in [0.717, 1.165) is 25.7 Å². The lowest BCUT2D eigenvalue weighted by Crippen LogP contribution is -1.98. The number of allylic oxidation sites excluding steroid dienone is 4. The summed E-state index contributed by atoms with van der Waals surface area (Å²) < 4.78 is 0. The third-order valence-corrected chi connectivity index (χ3v) is 2.71. The Morgan fingerprint density at radius 2 is 1.08 bits per heavy atom. The van der Waals surface area contributed by atoms with Gasteiger partial charge >= 0.3 is 0 Å². The molecule has 1 heteroatoms. The van der Waals surface area contributed by atoms with Crippen molar-refractivity contribution in [1.29, 1.82) is 0 Å². The van der Waals surface area contributed by atoms with Gasteiger partial charge in [0.25, 0.3) is 0 Å². The summed E-state index contributed by atoms with van der Waals surface area (Å²) in [7, 11) is 0. The minimum absolute atomic E-state index is 1.08. The molecule has 0 aromatic heterocycles. The Labute approximate surface area is 81.9 Å². The van der Waals surface area contributed by atoms with E-state index in [4.69, 9.17) is 0 Å². The van der Waals surface area contributed by atoms with Gasteiger partial charge in [0.2, 0.25) is 0 Å². The van der Waals surface area contributed by atoms with Crippen molar-refractivity contribution in [1.82, 2.24) is 5.32 Å². The average molecular weight is 178 g/mol. The first kappa shape index (κ1) is 10.4. The van der Waals surface area contributed by atoms with E-state index in [1.54, 1.807) is 0 Å². The lowest BCUT2D eigenvalue weighted by molar-refractivity contribution is 0.842. The molecule has 0 aromatic rings. The van der Waals surface area contributed by atoms with Crippen LogP contribution in [0.4, 0.5) is 0 Å². The summed E-state index contributed by atoms with van der Waals surface area (Å²) >= 11 is 0. The zero-order valence-electron chi connectivity index (χ0n) is 9.28. The number of rotatable bonds is 4. The lowest BCUT2D eigenvalue weighted by Gasteiger charge is -2.04. The number of nitrogens with zero attached hydrogens (tertiary/aromatic N) is 1. The summed E-state index contributed by atoms with van der Waals surface area (Å²) in [6.07, 6.45) is 4.44. The molecule has 1 heterocycles. The number of hydrogen-bond donors (Lipinski definition) is 0. The monoisotopic (exact) mass is 178 g/mol. The van der Waals surface area contributed by atoms with Crippen molar-refractivity contribution in [2.75, 3.05) is 0 Å². The van der Waals surface area contributed by atoms with Crippen LogP contribution in [0.5, 0.6) is 0 Å². The molecule has 0 N–H and O–H groups in total. The van der Waals surface area contributed by atoms with Crippen molar-refractivity contribution in [3.63, 3.8) is 0 Å². The van der Waals surface area contributed by atoms with E-state index < -0.39 is 0 Å². The fraction of sp³-hybridized carbons (Fsp3) is 0.667. The molecule has 0 atom stereocenters. The average Bonchev–Trinajstić information content (AvgIpc) is 2.54. The van der Waals surface area contributed by atoms with E-state index in [-0.39, 0.29) is 0 Å². The summed E-state index contributed by atoms with van der Waals surface area (Å²) in [5.41, 5.74) is 5.69. The van der Waals surface area contributed by atoms with Crippen LogP contribution in [-0.4, -0.2) is 0 Å². The molecule has 1 aliphatic rings. The highest BCUT2D eigenvalue weighted by molar-refractivity contribution is 5.44. The molecule has 73 valence electrons. The molecule has 0 saturated carbocycles. The Morgan fingerprint density at radius 1 is 0.692 bits per heavy atom. The molecule has 13 heavy (non-hydrogen) atoms. The SMILES string of the molecule is CCC1=C(CC)C(CC)=C(CC)[N]1. The predicted octanol–water partition coefficient (Wildman–Crippen LogP) is 3.75. The van der Waals surface area contributed by atoms with E-state index in [2.05, 4.69) is 33.0 Å². The van der Waals surface area contributed by atoms with Crippen LogP contribution in [0.15, 0.2) is 22.5 Å². The molecule has 0 aromatic carbocycles. The molecule has 0 unspecified atom stereocenters. The molecule has 1 aliphatic heterocycles. The van der Waals surface area contributed by atoms with Gasteiger partial charge in [-0.25, -0.2) is 0 Å². The van der Waals surface area contributed by atoms with Crippen LogP contribution in [0, 0.1) is 0 Å². The van der Waals surface area contributed by atoms with E-state index in [1.165, 1.54) is 22.5 Å². The largest absolute Gasteiger partial charge is 0.257 e. The fourth-order valence-corrected chi connectivity index (χ4v) is 2.07. The second-order valence-corrected chi connectivity index (χ2v) is 3.38. The van der Waals surface area contributed by atoms with E-state index in [1.807, 2.05) is 0 Å². The Balaban J connectivity index is 2.96. The van der Waals surface area contributed by atoms with Gasteiger partial charge in [-0.15, -0.1) is 0 Å². The third-order valence-electron chi connectivity index (χ3n) is 2.71. The highest BCUT2D eigenvalue weighted by Gasteiger charge is 2.20. The Bertz CT molecular complexity index is 220. The molecule has 0 bridgehead atoms. The van der Waals surface area contributed by atoms with Gasteiger partial charge in [-0.3, -0.25) is 5.32 Å². The maximum Gasteiger partial charge on any atom is 0.0439 e. The normalized spacial score (nSPS) is 16.9. The molecule has 0 amide bonds. The summed E-state index contributed by atoms with van der Waals surface area (Å²) in [5.74, 6) is 0. The maximum absolute atomic E-state index is 4.69. The molecule has 1 radical (unpaired) electrons. The van der Waals surface area contributed by atoms with Crippen LogP contribution in [-0.2, 0) is 0 Å². The Kier molecular flexibility index (Phi) is 3.58. The Morgan fingerprint density at radius 3 is 1.31 bits per heavy atom. The van der Waals surface area contributed by atoms with Crippen LogP contribution < -0.4 is 5.32 Å². The van der Waals surface area contributed by atoms with Gasteiger partial charge in [0, 0.05) is 11.4 Å². The van der Waals surface area contributed by atoms with Gasteiger partial charge in [-0.1, -0.05) is 27.7 Å². The van der Waals surface area contributed by atoms with Crippen molar-refractivity contribution in [2.45, 2.75) is 53.4 Å². The Hall–Kier alpha value is -0.720. The van der Waals surface area contributed by atoms with Gasteiger partial charge in [0.1, 0.15) is 0 Å². The van der Waals surface area contributed by atoms with Gasteiger partial charge in [0.15, 0.2) is 0 Å². The third kappa shape index (κ3) is 1.79. The van der Waals surface area contributed by atoms with Crippen molar-refractivity contribution >= 4 is 0 Å². The lowest BCUT2D eigenvalue weighted by atomic mass is 9.99.